The number of rotatable bonds is 6. The monoisotopic (exact) mass is 357 g/mol. The minimum absolute atomic E-state index is 0.349. The van der Waals surface area contributed by atoms with E-state index in [1.807, 2.05) is 12.1 Å². The van der Waals surface area contributed by atoms with E-state index in [2.05, 4.69) is 25.3 Å². The summed E-state index contributed by atoms with van der Waals surface area (Å²) >= 11 is 13.9. The molecular weight excluding hydrogens is 337 g/mol. The van der Waals surface area contributed by atoms with Gasteiger partial charge < -0.3 is 10.3 Å². The Morgan fingerprint density at radius 3 is 2.36 bits per heavy atom. The Kier molecular flexibility index (Phi) is 6.21. The molecule has 0 aliphatic carbocycles. The van der Waals surface area contributed by atoms with Gasteiger partial charge in [-0.05, 0) is 37.6 Å². The number of benzene rings is 1. The lowest BCUT2D eigenvalue weighted by Gasteiger charge is -2.11. The van der Waals surface area contributed by atoms with Gasteiger partial charge in [0, 0.05) is 27.9 Å². The molecular formula is C16H21Cl2N3S. The quantitative estimate of drug-likeness (QED) is 0.792. The van der Waals surface area contributed by atoms with Crippen LogP contribution in [0.5, 0.6) is 0 Å². The van der Waals surface area contributed by atoms with Gasteiger partial charge in [-0.3, -0.25) is 0 Å². The number of hydrogen-bond donors (Lipinski definition) is 1. The summed E-state index contributed by atoms with van der Waals surface area (Å²) in [6.45, 7) is 7.90. The fourth-order valence-electron chi connectivity index (χ4n) is 2.33. The van der Waals surface area contributed by atoms with E-state index in [-0.39, 0.29) is 0 Å². The van der Waals surface area contributed by atoms with Crippen molar-refractivity contribution in [3.05, 3.63) is 39.8 Å². The van der Waals surface area contributed by atoms with Crippen LogP contribution in [0.25, 0.3) is 0 Å². The summed E-state index contributed by atoms with van der Waals surface area (Å²) in [5.74, 6) is 1.39. The van der Waals surface area contributed by atoms with Crippen molar-refractivity contribution in [3.8, 4) is 0 Å². The predicted molar refractivity (Wildman–Crippen MR) is 95.3 cm³/mol. The van der Waals surface area contributed by atoms with Crippen LogP contribution < -0.4 is 5.73 Å². The van der Waals surface area contributed by atoms with Gasteiger partial charge in [-0.25, -0.2) is 4.98 Å². The van der Waals surface area contributed by atoms with E-state index in [9.17, 15) is 0 Å². The van der Waals surface area contributed by atoms with Gasteiger partial charge in [0.15, 0.2) is 0 Å². The van der Waals surface area contributed by atoms with E-state index in [0.29, 0.717) is 22.5 Å². The molecule has 0 bridgehead atoms. The van der Waals surface area contributed by atoms with Crippen LogP contribution in [-0.2, 0) is 13.0 Å². The van der Waals surface area contributed by atoms with E-state index in [4.69, 9.17) is 33.9 Å². The second-order valence-electron chi connectivity index (χ2n) is 5.36. The van der Waals surface area contributed by atoms with Gasteiger partial charge in [-0.1, -0.05) is 48.8 Å². The summed E-state index contributed by atoms with van der Waals surface area (Å²) in [7, 11) is 0. The SMILES string of the molecule is CCn1c(CCN)nc(C(C)C)c1Sc1cc(Cl)cc(Cl)c1. The highest BCUT2D eigenvalue weighted by molar-refractivity contribution is 7.99. The zero-order valence-corrected chi connectivity index (χ0v) is 15.4. The normalized spacial score (nSPS) is 11.4. The highest BCUT2D eigenvalue weighted by Gasteiger charge is 2.19. The molecule has 1 aromatic heterocycles. The van der Waals surface area contributed by atoms with E-state index >= 15 is 0 Å². The largest absolute Gasteiger partial charge is 0.330 e. The van der Waals surface area contributed by atoms with Crippen LogP contribution in [0.3, 0.4) is 0 Å². The highest BCUT2D eigenvalue weighted by atomic mass is 35.5. The third-order valence-corrected chi connectivity index (χ3v) is 4.84. The second kappa shape index (κ2) is 7.73. The zero-order chi connectivity index (χ0) is 16.3. The fraction of sp³-hybridized carbons (Fsp3) is 0.438. The van der Waals surface area contributed by atoms with Crippen molar-refractivity contribution >= 4 is 35.0 Å². The zero-order valence-electron chi connectivity index (χ0n) is 13.1. The maximum absolute atomic E-state index is 6.11. The maximum atomic E-state index is 6.11. The van der Waals surface area contributed by atoms with Crippen molar-refractivity contribution in [2.24, 2.45) is 5.73 Å². The Morgan fingerprint density at radius 1 is 1.23 bits per heavy atom. The molecule has 0 radical (unpaired) electrons. The molecule has 0 aliphatic rings. The van der Waals surface area contributed by atoms with E-state index in [0.717, 1.165) is 34.4 Å². The molecule has 22 heavy (non-hydrogen) atoms. The molecule has 120 valence electrons. The molecule has 0 saturated heterocycles. The average molecular weight is 358 g/mol. The van der Waals surface area contributed by atoms with Crippen LogP contribution in [-0.4, -0.2) is 16.1 Å². The van der Waals surface area contributed by atoms with E-state index < -0.39 is 0 Å². The number of aromatic nitrogens is 2. The van der Waals surface area contributed by atoms with Crippen LogP contribution in [0.4, 0.5) is 0 Å². The number of hydrogen-bond acceptors (Lipinski definition) is 3. The molecule has 0 unspecified atom stereocenters. The minimum Gasteiger partial charge on any atom is -0.330 e. The first-order valence-electron chi connectivity index (χ1n) is 7.39. The second-order valence-corrected chi connectivity index (χ2v) is 7.30. The number of nitrogens with two attached hydrogens (primary N) is 1. The molecule has 0 aliphatic heterocycles. The predicted octanol–water partition coefficient (Wildman–Crippen LogP) is 4.99. The molecule has 2 rings (SSSR count). The third kappa shape index (κ3) is 3.99. The van der Waals surface area contributed by atoms with Gasteiger partial charge in [0.2, 0.25) is 0 Å². The summed E-state index contributed by atoms with van der Waals surface area (Å²) in [5, 5.41) is 2.44. The van der Waals surface area contributed by atoms with Crippen molar-refractivity contribution < 1.29 is 0 Å². The Morgan fingerprint density at radius 2 is 1.86 bits per heavy atom. The van der Waals surface area contributed by atoms with Crippen LogP contribution in [0, 0.1) is 0 Å². The lowest BCUT2D eigenvalue weighted by Crippen LogP contribution is -2.09. The summed E-state index contributed by atoms with van der Waals surface area (Å²) in [5.41, 5.74) is 6.82. The molecule has 2 aromatic rings. The minimum atomic E-state index is 0.349. The van der Waals surface area contributed by atoms with Crippen LogP contribution in [0.1, 0.15) is 38.2 Å². The van der Waals surface area contributed by atoms with Crippen molar-refractivity contribution in [3.63, 3.8) is 0 Å². The fourth-order valence-corrected chi connectivity index (χ4v) is 4.31. The molecule has 2 N–H and O–H groups in total. The Labute approximate surface area is 146 Å². The smallest absolute Gasteiger partial charge is 0.111 e. The summed E-state index contributed by atoms with van der Waals surface area (Å²) < 4.78 is 2.24. The van der Waals surface area contributed by atoms with E-state index in [1.54, 1.807) is 17.8 Å². The number of halogens is 2. The lowest BCUT2D eigenvalue weighted by molar-refractivity contribution is 0.642. The van der Waals surface area contributed by atoms with Crippen molar-refractivity contribution in [2.45, 2.75) is 49.6 Å². The topological polar surface area (TPSA) is 43.8 Å². The van der Waals surface area contributed by atoms with Gasteiger partial charge in [0.1, 0.15) is 10.9 Å². The highest BCUT2D eigenvalue weighted by Crippen LogP contribution is 2.37. The molecule has 1 heterocycles. The summed E-state index contributed by atoms with van der Waals surface area (Å²) in [6, 6.07) is 5.60. The molecule has 6 heteroatoms. The first kappa shape index (κ1) is 17.7. The maximum Gasteiger partial charge on any atom is 0.111 e. The first-order valence-corrected chi connectivity index (χ1v) is 8.96. The van der Waals surface area contributed by atoms with Crippen LogP contribution >= 0.6 is 35.0 Å². The first-order chi connectivity index (χ1) is 10.5. The molecule has 0 spiro atoms. The molecule has 1 aromatic carbocycles. The molecule has 3 nitrogen and oxygen atoms in total. The molecule has 0 saturated carbocycles. The van der Waals surface area contributed by atoms with Gasteiger partial charge in [-0.2, -0.15) is 0 Å². The van der Waals surface area contributed by atoms with Crippen molar-refractivity contribution in [1.29, 1.82) is 0 Å². The molecule has 0 atom stereocenters. The van der Waals surface area contributed by atoms with Crippen molar-refractivity contribution in [1.82, 2.24) is 9.55 Å². The Balaban J connectivity index is 2.47. The number of imidazole rings is 1. The average Bonchev–Trinajstić information content (AvgIpc) is 2.76. The molecule has 0 fully saturated rings. The molecule has 0 amide bonds. The Hall–Kier alpha value is -0.680. The number of nitrogens with zero attached hydrogens (tertiary/aromatic N) is 2. The third-order valence-electron chi connectivity index (χ3n) is 3.31. The van der Waals surface area contributed by atoms with Crippen molar-refractivity contribution in [2.75, 3.05) is 6.54 Å². The lowest BCUT2D eigenvalue weighted by atomic mass is 10.1. The van der Waals surface area contributed by atoms with Gasteiger partial charge in [-0.15, -0.1) is 0 Å². The van der Waals surface area contributed by atoms with Crippen LogP contribution in [0.2, 0.25) is 10.0 Å². The summed E-state index contributed by atoms with van der Waals surface area (Å²) in [4.78, 5) is 5.83. The summed E-state index contributed by atoms with van der Waals surface area (Å²) in [6.07, 6.45) is 0.782. The van der Waals surface area contributed by atoms with Crippen LogP contribution in [0.15, 0.2) is 28.1 Å². The van der Waals surface area contributed by atoms with Gasteiger partial charge in [0.05, 0.1) is 5.69 Å². The van der Waals surface area contributed by atoms with Gasteiger partial charge >= 0.3 is 0 Å². The Bertz CT molecular complexity index is 633. The van der Waals surface area contributed by atoms with Gasteiger partial charge in [0.25, 0.3) is 0 Å². The standard InChI is InChI=1S/C16H21Cl2N3S/c1-4-21-14(5-6-19)20-15(10(2)3)16(21)22-13-8-11(17)7-12(18)9-13/h7-10H,4-6,19H2,1-3H3. The van der Waals surface area contributed by atoms with E-state index in [1.165, 1.54) is 0 Å².